The van der Waals surface area contributed by atoms with Gasteiger partial charge in [-0.1, -0.05) is 0 Å². The van der Waals surface area contributed by atoms with Crippen LogP contribution in [0.25, 0.3) is 0 Å². The van der Waals surface area contributed by atoms with Gasteiger partial charge in [0.2, 0.25) is 17.7 Å². The van der Waals surface area contributed by atoms with Crippen LogP contribution in [0.4, 0.5) is 0 Å². The summed E-state index contributed by atoms with van der Waals surface area (Å²) in [5, 5.41) is 19.0. The van der Waals surface area contributed by atoms with Gasteiger partial charge < -0.3 is 29.9 Å². The van der Waals surface area contributed by atoms with Gasteiger partial charge in [0.15, 0.2) is 0 Å². The molecule has 2 aliphatic heterocycles. The maximum Gasteiger partial charge on any atom is 0.333 e. The minimum atomic E-state index is -1.91. The third-order valence-corrected chi connectivity index (χ3v) is 4.15. The highest BCUT2D eigenvalue weighted by Crippen LogP contribution is 2.33. The van der Waals surface area contributed by atoms with Crippen LogP contribution in [0.15, 0.2) is 0 Å². The van der Waals surface area contributed by atoms with Crippen LogP contribution < -0.4 is 5.32 Å². The Morgan fingerprint density at radius 2 is 1.56 bits per heavy atom. The summed E-state index contributed by atoms with van der Waals surface area (Å²) in [6, 6.07) is 0. The first-order chi connectivity index (χ1) is 12.6. The number of amides is 2. The zero-order chi connectivity index (χ0) is 20.2. The highest BCUT2D eigenvalue weighted by Gasteiger charge is 2.53. The van der Waals surface area contributed by atoms with Crippen molar-refractivity contribution in [1.29, 1.82) is 0 Å². The van der Waals surface area contributed by atoms with Gasteiger partial charge in [-0.25, -0.2) is 0 Å². The third-order valence-electron chi connectivity index (χ3n) is 4.15. The van der Waals surface area contributed by atoms with Gasteiger partial charge in [0.25, 0.3) is 5.79 Å². The normalized spacial score (nSPS) is 19.2. The fourth-order valence-electron chi connectivity index (χ4n) is 2.75. The van der Waals surface area contributed by atoms with E-state index in [1.807, 2.05) is 5.32 Å². The lowest BCUT2D eigenvalue weighted by molar-refractivity contribution is -0.261. The van der Waals surface area contributed by atoms with Gasteiger partial charge in [-0.15, -0.1) is 0 Å². The molecule has 0 aliphatic carbocycles. The molecular weight excluding hydrogens is 368 g/mol. The Balaban J connectivity index is 1.93. The molecule has 12 heteroatoms. The zero-order valence-electron chi connectivity index (χ0n) is 14.1. The van der Waals surface area contributed by atoms with Crippen LogP contribution >= 0.6 is 0 Å². The number of nitrogens with one attached hydrogen (secondary N) is 1. The van der Waals surface area contributed by atoms with E-state index in [4.69, 9.17) is 19.7 Å². The summed E-state index contributed by atoms with van der Waals surface area (Å²) in [6.07, 6.45) is -0.523. The highest BCUT2D eigenvalue weighted by atomic mass is 16.7. The van der Waals surface area contributed by atoms with Crippen molar-refractivity contribution >= 4 is 35.7 Å². The van der Waals surface area contributed by atoms with Crippen molar-refractivity contribution in [2.75, 3.05) is 19.6 Å². The smallest absolute Gasteiger partial charge is 0.333 e. The summed E-state index contributed by atoms with van der Waals surface area (Å²) in [6.45, 7) is -0.613. The number of carbonyl (C=O) groups is 6. The average Bonchev–Trinajstić information content (AvgIpc) is 2.57. The highest BCUT2D eigenvalue weighted by molar-refractivity contribution is 6.15. The second-order valence-corrected chi connectivity index (χ2v) is 6.07. The van der Waals surface area contributed by atoms with Gasteiger partial charge in [0, 0.05) is 32.4 Å². The van der Waals surface area contributed by atoms with Crippen molar-refractivity contribution in [3.05, 3.63) is 0 Å². The minimum absolute atomic E-state index is 0.0211. The minimum Gasteiger partial charge on any atom is -0.481 e. The fourth-order valence-corrected chi connectivity index (χ4v) is 2.75. The van der Waals surface area contributed by atoms with Gasteiger partial charge in [0.1, 0.15) is 6.54 Å². The van der Waals surface area contributed by atoms with Crippen LogP contribution in [-0.4, -0.2) is 76.2 Å². The van der Waals surface area contributed by atoms with Crippen LogP contribution in [0.2, 0.25) is 0 Å². The van der Waals surface area contributed by atoms with E-state index in [-0.39, 0.29) is 44.7 Å². The largest absolute Gasteiger partial charge is 0.481 e. The number of esters is 2. The van der Waals surface area contributed by atoms with Gasteiger partial charge in [-0.2, -0.15) is 0 Å². The van der Waals surface area contributed by atoms with E-state index in [0.717, 1.165) is 0 Å². The first kappa shape index (κ1) is 20.1. The van der Waals surface area contributed by atoms with Crippen LogP contribution in [0.1, 0.15) is 25.7 Å². The first-order valence-corrected chi connectivity index (χ1v) is 8.08. The lowest BCUT2D eigenvalue weighted by atomic mass is 9.99. The Morgan fingerprint density at radius 1 is 1.00 bits per heavy atom. The summed E-state index contributed by atoms with van der Waals surface area (Å²) < 4.78 is 10.3. The van der Waals surface area contributed by atoms with Crippen molar-refractivity contribution in [3.63, 3.8) is 0 Å². The lowest BCUT2D eigenvalue weighted by Crippen LogP contribution is -2.58. The molecule has 2 aliphatic rings. The Hall–Kier alpha value is -3.18. The van der Waals surface area contributed by atoms with Gasteiger partial charge in [-0.3, -0.25) is 28.8 Å². The van der Waals surface area contributed by atoms with Crippen molar-refractivity contribution in [2.24, 2.45) is 5.92 Å². The number of carbonyl (C=O) groups excluding carboxylic acids is 4. The Bertz CT molecular complexity index is 660. The molecular formula is C15H18N2O10. The summed E-state index contributed by atoms with van der Waals surface area (Å²) in [5.41, 5.74) is 0. The van der Waals surface area contributed by atoms with E-state index in [2.05, 4.69) is 0 Å². The molecule has 0 aromatic carbocycles. The molecule has 0 unspecified atom stereocenters. The van der Waals surface area contributed by atoms with Crippen molar-refractivity contribution in [3.8, 4) is 0 Å². The molecule has 0 aromatic rings. The number of rotatable bonds is 6. The van der Waals surface area contributed by atoms with Crippen LogP contribution in [0, 0.1) is 5.92 Å². The topological polar surface area (TPSA) is 177 Å². The van der Waals surface area contributed by atoms with E-state index in [0.29, 0.717) is 0 Å². The molecule has 148 valence electrons. The third kappa shape index (κ3) is 4.92. The van der Waals surface area contributed by atoms with Gasteiger partial charge in [0.05, 0.1) is 6.42 Å². The number of hydrogen-bond donors (Lipinski definition) is 3. The summed E-state index contributed by atoms with van der Waals surface area (Å²) in [7, 11) is 0. The average molecular weight is 386 g/mol. The second-order valence-electron chi connectivity index (χ2n) is 6.07. The van der Waals surface area contributed by atoms with E-state index in [9.17, 15) is 28.8 Å². The van der Waals surface area contributed by atoms with Crippen LogP contribution in [0.3, 0.4) is 0 Å². The molecule has 2 heterocycles. The summed E-state index contributed by atoms with van der Waals surface area (Å²) >= 11 is 0. The number of carboxylic acids is 2. The summed E-state index contributed by atoms with van der Waals surface area (Å²) in [4.78, 5) is 70.2. The lowest BCUT2D eigenvalue weighted by Gasteiger charge is -2.43. The molecule has 27 heavy (non-hydrogen) atoms. The molecule has 0 saturated carbocycles. The first-order valence-electron chi connectivity index (χ1n) is 8.08. The molecule has 0 atom stereocenters. The number of aliphatic carboxylic acids is 2. The molecule has 0 aromatic heterocycles. The number of carboxylic acid groups (broad SMARTS) is 2. The predicted molar refractivity (Wildman–Crippen MR) is 81.7 cm³/mol. The van der Waals surface area contributed by atoms with Crippen LogP contribution in [-0.2, 0) is 38.2 Å². The SMILES string of the molecule is O=C(O)CCC(=O)N1CCC2(CC1)OC(=O)C(C(=O)NCC(=O)O)C(=O)O2. The van der Waals surface area contributed by atoms with Crippen molar-refractivity contribution in [1.82, 2.24) is 10.2 Å². The van der Waals surface area contributed by atoms with Crippen LogP contribution in [0.5, 0.6) is 0 Å². The predicted octanol–water partition coefficient (Wildman–Crippen LogP) is -1.91. The molecule has 2 rings (SSSR count). The van der Waals surface area contributed by atoms with Gasteiger partial charge in [-0.05, 0) is 0 Å². The molecule has 0 bridgehead atoms. The number of piperidine rings is 1. The van der Waals surface area contributed by atoms with E-state index in [1.54, 1.807) is 0 Å². The molecule has 1 spiro atoms. The molecule has 2 saturated heterocycles. The number of nitrogens with zero attached hydrogens (tertiary/aromatic N) is 1. The van der Waals surface area contributed by atoms with E-state index in [1.165, 1.54) is 4.90 Å². The summed E-state index contributed by atoms with van der Waals surface area (Å²) in [5.74, 6) is -9.78. The van der Waals surface area contributed by atoms with E-state index < -0.39 is 48.0 Å². The van der Waals surface area contributed by atoms with Crippen molar-refractivity contribution in [2.45, 2.75) is 31.5 Å². The zero-order valence-corrected chi connectivity index (χ0v) is 14.1. The Morgan fingerprint density at radius 3 is 2.04 bits per heavy atom. The monoisotopic (exact) mass is 386 g/mol. The van der Waals surface area contributed by atoms with Gasteiger partial charge >= 0.3 is 23.9 Å². The second kappa shape index (κ2) is 8.01. The molecule has 0 radical (unpaired) electrons. The molecule has 2 fully saturated rings. The molecule has 2 amide bonds. The quantitative estimate of drug-likeness (QED) is 0.345. The van der Waals surface area contributed by atoms with Crippen molar-refractivity contribution < 1.29 is 48.5 Å². The molecule has 3 N–H and O–H groups in total. The number of likely N-dealkylation sites (tertiary alicyclic amines) is 1. The molecule has 12 nitrogen and oxygen atoms in total. The maximum absolute atomic E-state index is 12.1. The Kier molecular flexibility index (Phi) is 5.98. The van der Waals surface area contributed by atoms with E-state index >= 15 is 0 Å². The number of ether oxygens (including phenoxy) is 2. The number of hydrogen-bond acceptors (Lipinski definition) is 8. The fraction of sp³-hybridized carbons (Fsp3) is 0.600. The standard InChI is InChI=1S/C15H18N2O10/c18-8(1-2-9(19)20)17-5-3-15(4-6-17)26-13(24)11(14(25)27-15)12(23)16-7-10(21)22/h11H,1-7H2,(H,16,23)(H,19,20)(H,21,22). The Labute approximate surface area is 152 Å². The maximum atomic E-state index is 12.1.